The zero-order valence-corrected chi connectivity index (χ0v) is 18.9. The third kappa shape index (κ3) is 6.94. The number of hydrogen-bond acceptors (Lipinski definition) is 3. The van der Waals surface area contributed by atoms with E-state index in [0.717, 1.165) is 17.7 Å². The molecule has 1 atom stereocenters. The lowest BCUT2D eigenvalue weighted by Gasteiger charge is -2.41. The van der Waals surface area contributed by atoms with Crippen LogP contribution < -0.4 is 5.84 Å². The quantitative estimate of drug-likeness (QED) is 0.384. The molecule has 0 bridgehead atoms. The molecule has 0 radical (unpaired) electrons. The van der Waals surface area contributed by atoms with Gasteiger partial charge < -0.3 is 4.74 Å². The van der Waals surface area contributed by atoms with Crippen LogP contribution in [0.4, 0.5) is 26.3 Å². The first-order valence-electron chi connectivity index (χ1n) is 10.9. The first kappa shape index (κ1) is 27.1. The molecule has 33 heavy (non-hydrogen) atoms. The lowest BCUT2D eigenvalue weighted by atomic mass is 9.73. The summed E-state index contributed by atoms with van der Waals surface area (Å²) in [4.78, 5) is 0. The van der Waals surface area contributed by atoms with E-state index in [0.29, 0.717) is 25.9 Å². The molecule has 2 N–H and O–H groups in total. The monoisotopic (exact) mass is 476 g/mol. The minimum atomic E-state index is -4.89. The van der Waals surface area contributed by atoms with Gasteiger partial charge in [-0.3, -0.25) is 5.84 Å². The van der Waals surface area contributed by atoms with Gasteiger partial charge in [-0.25, -0.2) is 5.01 Å². The molecule has 0 amide bonds. The largest absolute Gasteiger partial charge is 0.416 e. The number of alkyl halides is 6. The molecule has 184 valence electrons. The van der Waals surface area contributed by atoms with Gasteiger partial charge >= 0.3 is 12.4 Å². The fraction of sp³-hybridized carbons (Fsp3) is 0.500. The smallest absolute Gasteiger partial charge is 0.373 e. The van der Waals surface area contributed by atoms with Crippen molar-refractivity contribution in [2.75, 3.05) is 19.7 Å². The van der Waals surface area contributed by atoms with Crippen molar-refractivity contribution < 1.29 is 31.1 Å². The normalized spacial score (nSPS) is 17.8. The molecule has 0 saturated carbocycles. The summed E-state index contributed by atoms with van der Waals surface area (Å²) in [5.74, 6) is 5.88. The van der Waals surface area contributed by atoms with E-state index in [4.69, 9.17) is 10.6 Å². The van der Waals surface area contributed by atoms with E-state index in [-0.39, 0.29) is 18.2 Å². The van der Waals surface area contributed by atoms with Crippen molar-refractivity contribution in [3.63, 3.8) is 0 Å². The van der Waals surface area contributed by atoms with Crippen LogP contribution in [0.2, 0.25) is 0 Å². The predicted octanol–water partition coefficient (Wildman–Crippen LogP) is 6.74. The summed E-state index contributed by atoms with van der Waals surface area (Å²) in [6, 6.07) is 11.1. The van der Waals surface area contributed by atoms with Gasteiger partial charge in [0.2, 0.25) is 0 Å². The highest BCUT2D eigenvalue weighted by Crippen LogP contribution is 2.40. The Kier molecular flexibility index (Phi) is 8.95. The van der Waals surface area contributed by atoms with E-state index in [1.54, 1.807) is 5.01 Å². The van der Waals surface area contributed by atoms with Crippen LogP contribution in [-0.2, 0) is 22.5 Å². The average Bonchev–Trinajstić information content (AvgIpc) is 2.79. The van der Waals surface area contributed by atoms with Gasteiger partial charge in [-0.1, -0.05) is 44.2 Å². The van der Waals surface area contributed by atoms with Crippen LogP contribution in [-0.4, -0.2) is 24.7 Å². The molecule has 1 aliphatic heterocycles. The molecule has 0 aliphatic carbocycles. The Labute approximate surface area is 190 Å². The van der Waals surface area contributed by atoms with Crippen molar-refractivity contribution in [1.82, 2.24) is 5.01 Å². The van der Waals surface area contributed by atoms with Crippen LogP contribution in [0.1, 0.15) is 62.0 Å². The van der Waals surface area contributed by atoms with Crippen molar-refractivity contribution in [2.24, 2.45) is 5.84 Å². The first-order valence-corrected chi connectivity index (χ1v) is 10.9. The molecule has 2 aromatic carbocycles. The second kappa shape index (κ2) is 10.9. The Morgan fingerprint density at radius 2 is 1.39 bits per heavy atom. The maximum atomic E-state index is 13.2. The van der Waals surface area contributed by atoms with Gasteiger partial charge in [0.05, 0.1) is 23.8 Å². The summed E-state index contributed by atoms with van der Waals surface area (Å²) in [5.41, 5.74) is -2.26. The number of benzene rings is 2. The Morgan fingerprint density at radius 1 is 0.909 bits per heavy atom. The lowest BCUT2D eigenvalue weighted by Crippen LogP contribution is -2.48. The van der Waals surface area contributed by atoms with Crippen LogP contribution in [0.5, 0.6) is 0 Å². The molecule has 1 saturated heterocycles. The van der Waals surface area contributed by atoms with Crippen LogP contribution in [0.3, 0.4) is 0 Å². The average molecular weight is 477 g/mol. The summed E-state index contributed by atoms with van der Waals surface area (Å²) >= 11 is 0. The third-order valence-corrected chi connectivity index (χ3v) is 5.83. The molecule has 3 rings (SSSR count). The Hall–Kier alpha value is -2.10. The second-order valence-corrected chi connectivity index (χ2v) is 7.97. The van der Waals surface area contributed by atoms with E-state index in [2.05, 4.69) is 0 Å². The number of nitrogens with two attached hydrogens (primary N) is 1. The van der Waals surface area contributed by atoms with Crippen LogP contribution in [0, 0.1) is 0 Å². The lowest BCUT2D eigenvalue weighted by molar-refractivity contribution is -0.143. The van der Waals surface area contributed by atoms with Crippen molar-refractivity contribution in [1.29, 1.82) is 0 Å². The van der Waals surface area contributed by atoms with Crippen LogP contribution in [0.25, 0.3) is 0 Å². The topological polar surface area (TPSA) is 38.5 Å². The molecule has 0 aromatic heterocycles. The number of halogens is 6. The van der Waals surface area contributed by atoms with Crippen molar-refractivity contribution in [3.8, 4) is 0 Å². The highest BCUT2D eigenvalue weighted by molar-refractivity contribution is 5.35. The molecule has 2 aromatic rings. The number of rotatable bonds is 5. The first-order chi connectivity index (χ1) is 15.4. The van der Waals surface area contributed by atoms with E-state index >= 15 is 0 Å². The van der Waals surface area contributed by atoms with Gasteiger partial charge in [0, 0.05) is 18.5 Å². The number of piperidine rings is 1. The van der Waals surface area contributed by atoms with E-state index in [1.807, 2.05) is 44.2 Å². The Morgan fingerprint density at radius 3 is 1.85 bits per heavy atom. The number of hydrogen-bond donors (Lipinski definition) is 1. The summed E-state index contributed by atoms with van der Waals surface area (Å²) in [7, 11) is 0. The fourth-order valence-corrected chi connectivity index (χ4v) is 3.85. The maximum absolute atomic E-state index is 13.2. The van der Waals surface area contributed by atoms with Gasteiger partial charge in [-0.15, -0.1) is 0 Å². The van der Waals surface area contributed by atoms with Crippen molar-refractivity contribution in [3.05, 3.63) is 70.8 Å². The molecule has 0 spiro atoms. The summed E-state index contributed by atoms with van der Waals surface area (Å²) in [6.45, 7) is 6.83. The van der Waals surface area contributed by atoms with Gasteiger partial charge in [-0.2, -0.15) is 26.3 Å². The van der Waals surface area contributed by atoms with Gasteiger partial charge in [-0.05, 0) is 49.1 Å². The Bertz CT molecular complexity index is 843. The predicted molar refractivity (Wildman–Crippen MR) is 115 cm³/mol. The summed E-state index contributed by atoms with van der Waals surface area (Å²) < 4.78 is 84.9. The molecule has 0 unspecified atom stereocenters. The van der Waals surface area contributed by atoms with E-state index < -0.39 is 35.0 Å². The molecule has 3 nitrogen and oxygen atoms in total. The van der Waals surface area contributed by atoms with Gasteiger partial charge in [0.1, 0.15) is 0 Å². The minimum absolute atomic E-state index is 0.124. The van der Waals surface area contributed by atoms with Crippen molar-refractivity contribution >= 4 is 0 Å². The molecular formula is C24H30F6N2O. The van der Waals surface area contributed by atoms with Gasteiger partial charge in [0.15, 0.2) is 0 Å². The molecule has 9 heteroatoms. The maximum Gasteiger partial charge on any atom is 0.416 e. The zero-order valence-electron chi connectivity index (χ0n) is 18.9. The minimum Gasteiger partial charge on any atom is -0.373 e. The highest BCUT2D eigenvalue weighted by atomic mass is 19.4. The molecular weight excluding hydrogens is 446 g/mol. The number of nitrogens with zero attached hydrogens (tertiary/aromatic N) is 1. The number of hydrazine groups is 1. The number of ether oxygens (including phenoxy) is 1. The highest BCUT2D eigenvalue weighted by Gasteiger charge is 2.39. The van der Waals surface area contributed by atoms with Crippen molar-refractivity contribution in [2.45, 2.75) is 57.5 Å². The molecule has 1 fully saturated rings. The van der Waals surface area contributed by atoms with Crippen LogP contribution >= 0.6 is 0 Å². The second-order valence-electron chi connectivity index (χ2n) is 7.97. The van der Waals surface area contributed by atoms with Crippen LogP contribution in [0.15, 0.2) is 48.5 Å². The third-order valence-electron chi connectivity index (χ3n) is 5.83. The fourth-order valence-electron chi connectivity index (χ4n) is 3.85. The SMILES string of the molecule is CC.C[C@@H](OCC1(c2ccccc2)CCN(N)CC1)c1cc(C(F)(F)F)cc(C(F)(F)F)c1. The van der Waals surface area contributed by atoms with E-state index in [1.165, 1.54) is 6.92 Å². The zero-order chi connectivity index (χ0) is 24.9. The van der Waals surface area contributed by atoms with Gasteiger partial charge in [0.25, 0.3) is 0 Å². The standard InChI is InChI=1S/C22H24F6N2O.C2H6/c1-15(16-11-18(21(23,24)25)13-19(12-16)22(26,27)28)31-14-20(7-9-30(29)10-8-20)17-5-3-2-4-6-17;1-2/h2-6,11-13,15H,7-10,14,29H2,1H3;1-2H3/t15-;/m1./s1. The summed E-state index contributed by atoms with van der Waals surface area (Å²) in [5, 5.41) is 1.69. The van der Waals surface area contributed by atoms with E-state index in [9.17, 15) is 26.3 Å². The molecule has 1 aliphatic rings. The molecule has 1 heterocycles. The Balaban J connectivity index is 0.00000187. The summed E-state index contributed by atoms with van der Waals surface area (Å²) in [6.07, 6.45) is -9.42.